The second kappa shape index (κ2) is 5.00. The van der Waals surface area contributed by atoms with Gasteiger partial charge in [0.05, 0.1) is 6.10 Å². The average molecular weight is 231 g/mol. The average Bonchev–Trinajstić information content (AvgIpc) is 2.15. The highest BCUT2D eigenvalue weighted by Crippen LogP contribution is 2.17. The first-order valence-corrected chi connectivity index (χ1v) is 4.71. The predicted octanol–water partition coefficient (Wildman–Crippen LogP) is 1.55. The van der Waals surface area contributed by atoms with Crippen molar-refractivity contribution in [3.63, 3.8) is 0 Å². The van der Waals surface area contributed by atoms with Crippen LogP contribution < -0.4 is 4.74 Å². The third-order valence-corrected chi connectivity index (χ3v) is 2.01. The quantitative estimate of drug-likeness (QED) is 0.824. The Labute approximate surface area is 92.1 Å². The van der Waals surface area contributed by atoms with Gasteiger partial charge in [-0.05, 0) is 31.2 Å². The lowest BCUT2D eigenvalue weighted by Crippen LogP contribution is -2.37. The molecule has 0 bridgehead atoms. The van der Waals surface area contributed by atoms with Crippen LogP contribution in [-0.4, -0.2) is 28.4 Å². The SMILES string of the molecule is C[C@@H](O)[C@H](Oc1ccc(Cl)cc1)C(=O)O. The summed E-state index contributed by atoms with van der Waals surface area (Å²) < 4.78 is 5.08. The second-order valence-electron chi connectivity index (χ2n) is 3.07. The Hall–Kier alpha value is -1.26. The zero-order chi connectivity index (χ0) is 11.4. The molecule has 2 atom stereocenters. The van der Waals surface area contributed by atoms with Gasteiger partial charge in [0.1, 0.15) is 5.75 Å². The Bertz CT molecular complexity index is 334. The third-order valence-electron chi connectivity index (χ3n) is 1.76. The Kier molecular flexibility index (Phi) is 3.94. The molecule has 0 radical (unpaired) electrons. The van der Waals surface area contributed by atoms with E-state index in [0.29, 0.717) is 10.8 Å². The number of rotatable bonds is 4. The first-order chi connectivity index (χ1) is 7.00. The van der Waals surface area contributed by atoms with Gasteiger partial charge in [0, 0.05) is 5.02 Å². The number of aliphatic hydroxyl groups is 1. The minimum Gasteiger partial charge on any atom is -0.478 e. The first-order valence-electron chi connectivity index (χ1n) is 4.34. The molecule has 1 rings (SSSR count). The van der Waals surface area contributed by atoms with E-state index in [-0.39, 0.29) is 0 Å². The molecule has 5 heteroatoms. The fourth-order valence-electron chi connectivity index (χ4n) is 1.01. The van der Waals surface area contributed by atoms with E-state index in [2.05, 4.69) is 0 Å². The summed E-state index contributed by atoms with van der Waals surface area (Å²) >= 11 is 5.65. The Morgan fingerprint density at radius 3 is 2.33 bits per heavy atom. The summed E-state index contributed by atoms with van der Waals surface area (Å²) in [5.41, 5.74) is 0. The molecule has 0 heterocycles. The van der Waals surface area contributed by atoms with Crippen molar-refractivity contribution in [1.82, 2.24) is 0 Å². The number of carboxylic acid groups (broad SMARTS) is 1. The topological polar surface area (TPSA) is 66.8 Å². The molecule has 2 N–H and O–H groups in total. The van der Waals surface area contributed by atoms with Crippen molar-refractivity contribution in [3.05, 3.63) is 29.3 Å². The molecule has 15 heavy (non-hydrogen) atoms. The minimum absolute atomic E-state index is 0.354. The summed E-state index contributed by atoms with van der Waals surface area (Å²) in [5.74, 6) is -0.854. The van der Waals surface area contributed by atoms with Gasteiger partial charge in [-0.15, -0.1) is 0 Å². The highest BCUT2D eigenvalue weighted by molar-refractivity contribution is 6.30. The summed E-state index contributed by atoms with van der Waals surface area (Å²) in [5, 5.41) is 18.4. The number of aliphatic carboxylic acids is 1. The van der Waals surface area contributed by atoms with Crippen LogP contribution in [0.1, 0.15) is 6.92 Å². The number of benzene rings is 1. The van der Waals surface area contributed by atoms with Gasteiger partial charge in [-0.2, -0.15) is 0 Å². The molecule has 0 aromatic heterocycles. The van der Waals surface area contributed by atoms with E-state index in [4.69, 9.17) is 26.6 Å². The van der Waals surface area contributed by atoms with E-state index >= 15 is 0 Å². The van der Waals surface area contributed by atoms with Crippen LogP contribution in [0.4, 0.5) is 0 Å². The highest BCUT2D eigenvalue weighted by atomic mass is 35.5. The zero-order valence-electron chi connectivity index (χ0n) is 8.05. The van der Waals surface area contributed by atoms with E-state index in [9.17, 15) is 4.79 Å². The van der Waals surface area contributed by atoms with Gasteiger partial charge < -0.3 is 14.9 Å². The Balaban J connectivity index is 2.74. The molecule has 82 valence electrons. The van der Waals surface area contributed by atoms with Gasteiger partial charge in [-0.3, -0.25) is 0 Å². The predicted molar refractivity (Wildman–Crippen MR) is 55.2 cm³/mol. The third kappa shape index (κ3) is 3.42. The molecule has 0 aliphatic rings. The van der Waals surface area contributed by atoms with Gasteiger partial charge >= 0.3 is 5.97 Å². The summed E-state index contributed by atoms with van der Waals surface area (Å²) in [6.07, 6.45) is -2.36. The van der Waals surface area contributed by atoms with Gasteiger partial charge in [-0.25, -0.2) is 4.79 Å². The van der Waals surface area contributed by atoms with Crippen LogP contribution in [0.5, 0.6) is 5.75 Å². The van der Waals surface area contributed by atoms with Crippen molar-refractivity contribution in [2.75, 3.05) is 0 Å². The smallest absolute Gasteiger partial charge is 0.347 e. The molecule has 4 nitrogen and oxygen atoms in total. The number of ether oxygens (including phenoxy) is 1. The van der Waals surface area contributed by atoms with Gasteiger partial charge in [-0.1, -0.05) is 11.6 Å². The fraction of sp³-hybridized carbons (Fsp3) is 0.300. The molecular weight excluding hydrogens is 220 g/mol. The lowest BCUT2D eigenvalue weighted by Gasteiger charge is -2.17. The van der Waals surface area contributed by atoms with Gasteiger partial charge in [0.2, 0.25) is 6.10 Å². The molecule has 0 saturated heterocycles. The van der Waals surface area contributed by atoms with Crippen molar-refractivity contribution in [3.8, 4) is 5.75 Å². The summed E-state index contributed by atoms with van der Waals surface area (Å²) in [4.78, 5) is 10.7. The Morgan fingerprint density at radius 1 is 1.40 bits per heavy atom. The molecule has 1 aromatic rings. The maximum absolute atomic E-state index is 10.7. The van der Waals surface area contributed by atoms with E-state index in [0.717, 1.165) is 0 Å². The molecule has 0 spiro atoms. The van der Waals surface area contributed by atoms with E-state index in [1.165, 1.54) is 6.92 Å². The van der Waals surface area contributed by atoms with Crippen molar-refractivity contribution >= 4 is 17.6 Å². The van der Waals surface area contributed by atoms with Crippen LogP contribution in [0.15, 0.2) is 24.3 Å². The molecule has 0 aliphatic heterocycles. The number of aliphatic hydroxyl groups excluding tert-OH is 1. The molecule has 0 saturated carbocycles. The minimum atomic E-state index is -1.27. The molecular formula is C10H11ClO4. The van der Waals surface area contributed by atoms with Crippen molar-refractivity contribution in [1.29, 1.82) is 0 Å². The van der Waals surface area contributed by atoms with Crippen molar-refractivity contribution < 1.29 is 19.7 Å². The number of carbonyl (C=O) groups is 1. The van der Waals surface area contributed by atoms with Crippen LogP contribution in [-0.2, 0) is 4.79 Å². The number of hydrogen-bond donors (Lipinski definition) is 2. The maximum atomic E-state index is 10.7. The van der Waals surface area contributed by atoms with E-state index in [1.807, 2.05) is 0 Å². The number of hydrogen-bond acceptors (Lipinski definition) is 3. The van der Waals surface area contributed by atoms with Crippen LogP contribution in [0.2, 0.25) is 5.02 Å². The highest BCUT2D eigenvalue weighted by Gasteiger charge is 2.24. The van der Waals surface area contributed by atoms with Gasteiger partial charge in [0.15, 0.2) is 0 Å². The first kappa shape index (κ1) is 11.8. The van der Waals surface area contributed by atoms with E-state index < -0.39 is 18.2 Å². The lowest BCUT2D eigenvalue weighted by atomic mass is 10.2. The second-order valence-corrected chi connectivity index (χ2v) is 3.51. The largest absolute Gasteiger partial charge is 0.478 e. The Morgan fingerprint density at radius 2 is 1.93 bits per heavy atom. The number of halogens is 1. The van der Waals surface area contributed by atoms with E-state index in [1.54, 1.807) is 24.3 Å². The molecule has 0 aliphatic carbocycles. The van der Waals surface area contributed by atoms with Crippen molar-refractivity contribution in [2.45, 2.75) is 19.1 Å². The maximum Gasteiger partial charge on any atom is 0.347 e. The number of carboxylic acids is 1. The zero-order valence-corrected chi connectivity index (χ0v) is 8.81. The van der Waals surface area contributed by atoms with Crippen LogP contribution in [0.3, 0.4) is 0 Å². The molecule has 0 amide bonds. The van der Waals surface area contributed by atoms with Crippen LogP contribution >= 0.6 is 11.6 Å². The standard InChI is InChI=1S/C10H11ClO4/c1-6(12)9(10(13)14)15-8-4-2-7(11)3-5-8/h2-6,9,12H,1H3,(H,13,14)/t6-,9+/m1/s1. The summed E-state index contributed by atoms with van der Waals surface area (Å²) in [6, 6.07) is 6.25. The normalized spacial score (nSPS) is 14.3. The molecule has 0 fully saturated rings. The fourth-order valence-corrected chi connectivity index (χ4v) is 1.14. The van der Waals surface area contributed by atoms with Crippen LogP contribution in [0.25, 0.3) is 0 Å². The molecule has 1 aromatic carbocycles. The van der Waals surface area contributed by atoms with Crippen LogP contribution in [0, 0.1) is 0 Å². The molecule has 0 unspecified atom stereocenters. The van der Waals surface area contributed by atoms with Gasteiger partial charge in [0.25, 0.3) is 0 Å². The monoisotopic (exact) mass is 230 g/mol. The summed E-state index contributed by atoms with van der Waals surface area (Å²) in [7, 11) is 0. The summed E-state index contributed by atoms with van der Waals surface area (Å²) in [6.45, 7) is 1.36. The van der Waals surface area contributed by atoms with Crippen molar-refractivity contribution in [2.24, 2.45) is 0 Å². The lowest BCUT2D eigenvalue weighted by molar-refractivity contribution is -0.149.